The highest BCUT2D eigenvalue weighted by Crippen LogP contribution is 2.30. The molecule has 2 aliphatic heterocycles. The predicted octanol–water partition coefficient (Wildman–Crippen LogP) is -6.55. The molecule has 2 heterocycles. The Labute approximate surface area is 156 Å². The Hall–Kier alpha value is -0.550. The number of nitrogens with two attached hydrogens (primary N) is 1. The van der Waals surface area contributed by atoms with Crippen molar-refractivity contribution >= 4 is 17.1 Å². The minimum Gasteiger partial charge on any atom is -1.00 e. The van der Waals surface area contributed by atoms with Crippen molar-refractivity contribution in [3.05, 3.63) is 18.2 Å². The average molecular weight is 371 g/mol. The van der Waals surface area contributed by atoms with Gasteiger partial charge in [0.2, 0.25) is 0 Å². The monoisotopic (exact) mass is 369 g/mol. The summed E-state index contributed by atoms with van der Waals surface area (Å²) in [5.74, 6) is 0. The third-order valence-corrected chi connectivity index (χ3v) is 4.08. The highest BCUT2D eigenvalue weighted by Gasteiger charge is 2.16. The van der Waals surface area contributed by atoms with Gasteiger partial charge in [-0.25, -0.2) is 0 Å². The van der Waals surface area contributed by atoms with Crippen molar-refractivity contribution in [1.82, 2.24) is 0 Å². The Bertz CT molecular complexity index is 449. The quantitative estimate of drug-likeness (QED) is 0.526. The van der Waals surface area contributed by atoms with Gasteiger partial charge in [-0.15, -0.1) is 0 Å². The lowest BCUT2D eigenvalue weighted by molar-refractivity contribution is -0.001000. The molecule has 22 heavy (non-hydrogen) atoms. The van der Waals surface area contributed by atoms with Gasteiger partial charge in [-0.2, -0.15) is 0 Å². The van der Waals surface area contributed by atoms with Crippen LogP contribution in [-0.4, -0.2) is 39.4 Å². The van der Waals surface area contributed by atoms with Crippen LogP contribution in [0.4, 0.5) is 17.1 Å². The van der Waals surface area contributed by atoms with E-state index < -0.39 is 0 Å². The number of rotatable bonds is 2. The SMILES string of the molecule is Nc1cc(N2CCOCC2)ccc1N1CCCCC1.[Cl-].[Cl-].[Cl-].[H+].[H+].[H+]. The van der Waals surface area contributed by atoms with Crippen LogP contribution in [0.15, 0.2) is 18.2 Å². The van der Waals surface area contributed by atoms with Gasteiger partial charge in [-0.1, -0.05) is 0 Å². The Morgan fingerprint density at radius 3 is 2.09 bits per heavy atom. The first-order chi connectivity index (χ1) is 9.34. The molecule has 0 spiro atoms. The molecule has 0 aromatic heterocycles. The van der Waals surface area contributed by atoms with E-state index in [9.17, 15) is 0 Å². The van der Waals surface area contributed by atoms with Crippen LogP contribution >= 0.6 is 0 Å². The van der Waals surface area contributed by atoms with Crippen LogP contribution in [0.25, 0.3) is 0 Å². The van der Waals surface area contributed by atoms with E-state index in [2.05, 4.69) is 28.0 Å². The fourth-order valence-corrected chi connectivity index (χ4v) is 2.98. The van der Waals surface area contributed by atoms with Gasteiger partial charge in [0.25, 0.3) is 0 Å². The molecule has 128 valence electrons. The highest BCUT2D eigenvalue weighted by atomic mass is 35.5. The number of benzene rings is 1. The first-order valence-corrected chi connectivity index (χ1v) is 7.32. The molecule has 2 fully saturated rings. The molecule has 2 saturated heterocycles. The fraction of sp³-hybridized carbons (Fsp3) is 0.600. The van der Waals surface area contributed by atoms with Crippen LogP contribution in [0.3, 0.4) is 0 Å². The van der Waals surface area contributed by atoms with E-state index in [4.69, 9.17) is 10.5 Å². The Balaban J connectivity index is -0.000000367. The molecule has 0 bridgehead atoms. The molecule has 0 amide bonds. The smallest absolute Gasteiger partial charge is 1.00 e. The molecule has 0 unspecified atom stereocenters. The van der Waals surface area contributed by atoms with Crippen molar-refractivity contribution in [2.75, 3.05) is 54.9 Å². The Morgan fingerprint density at radius 1 is 0.864 bits per heavy atom. The number of anilines is 3. The summed E-state index contributed by atoms with van der Waals surface area (Å²) in [5, 5.41) is 0. The van der Waals surface area contributed by atoms with E-state index in [1.807, 2.05) is 0 Å². The van der Waals surface area contributed by atoms with Crippen molar-refractivity contribution in [2.45, 2.75) is 19.3 Å². The first-order valence-electron chi connectivity index (χ1n) is 7.32. The summed E-state index contributed by atoms with van der Waals surface area (Å²) in [6.07, 6.45) is 3.91. The van der Waals surface area contributed by atoms with Crippen LogP contribution in [0, 0.1) is 0 Å². The summed E-state index contributed by atoms with van der Waals surface area (Å²) in [7, 11) is 0. The van der Waals surface area contributed by atoms with Gasteiger partial charge < -0.3 is 57.5 Å². The largest absolute Gasteiger partial charge is 1.00 e. The van der Waals surface area contributed by atoms with E-state index in [1.54, 1.807) is 0 Å². The number of ether oxygens (including phenoxy) is 1. The molecule has 1 aromatic rings. The molecule has 0 saturated carbocycles. The maximum Gasteiger partial charge on any atom is 1.00 e. The fourth-order valence-electron chi connectivity index (χ4n) is 2.98. The third kappa shape index (κ3) is 4.98. The minimum atomic E-state index is 0. The average Bonchev–Trinajstić information content (AvgIpc) is 2.49. The molecule has 2 aliphatic rings. The van der Waals surface area contributed by atoms with Gasteiger partial charge in [-0.3, -0.25) is 0 Å². The summed E-state index contributed by atoms with van der Waals surface area (Å²) in [4.78, 5) is 4.77. The van der Waals surface area contributed by atoms with Gasteiger partial charge in [0.15, 0.2) is 0 Å². The molecule has 0 radical (unpaired) electrons. The maximum absolute atomic E-state index is 6.26. The molecule has 4 nitrogen and oxygen atoms in total. The number of halogens is 3. The summed E-state index contributed by atoms with van der Waals surface area (Å²) >= 11 is 0. The lowest BCUT2D eigenvalue weighted by atomic mass is 10.1. The van der Waals surface area contributed by atoms with Crippen LogP contribution < -0.4 is 52.8 Å². The molecular weight excluding hydrogens is 345 g/mol. The zero-order valence-corrected chi connectivity index (χ0v) is 14.9. The van der Waals surface area contributed by atoms with E-state index in [0.717, 1.165) is 45.1 Å². The number of hydrogen-bond donors (Lipinski definition) is 1. The number of nitrogens with zero attached hydrogens (tertiary/aromatic N) is 2. The van der Waals surface area contributed by atoms with Crippen LogP contribution in [-0.2, 0) is 4.74 Å². The zero-order chi connectivity index (χ0) is 13.1. The van der Waals surface area contributed by atoms with E-state index in [-0.39, 0.29) is 41.5 Å². The van der Waals surface area contributed by atoms with Crippen molar-refractivity contribution < 1.29 is 46.2 Å². The molecular formula is C15H26Cl3N3O. The number of hydrogen-bond acceptors (Lipinski definition) is 4. The van der Waals surface area contributed by atoms with E-state index in [0.29, 0.717) is 0 Å². The summed E-state index contributed by atoms with van der Waals surface area (Å²) < 4.78 is 5.39. The van der Waals surface area contributed by atoms with Gasteiger partial charge in [0.1, 0.15) is 0 Å². The van der Waals surface area contributed by atoms with Crippen molar-refractivity contribution in [1.29, 1.82) is 0 Å². The van der Waals surface area contributed by atoms with E-state index in [1.165, 1.54) is 30.6 Å². The lowest BCUT2D eigenvalue weighted by Gasteiger charge is -2.32. The van der Waals surface area contributed by atoms with E-state index >= 15 is 0 Å². The summed E-state index contributed by atoms with van der Waals surface area (Å²) in [5.41, 5.74) is 9.60. The van der Waals surface area contributed by atoms with Crippen LogP contribution in [0.1, 0.15) is 23.5 Å². The second kappa shape index (κ2) is 10.3. The van der Waals surface area contributed by atoms with Gasteiger partial charge in [0.05, 0.1) is 24.6 Å². The maximum atomic E-state index is 6.26. The van der Waals surface area contributed by atoms with Crippen molar-refractivity contribution in [3.8, 4) is 0 Å². The summed E-state index contributed by atoms with van der Waals surface area (Å²) in [6.45, 7) is 5.83. The second-order valence-corrected chi connectivity index (χ2v) is 5.39. The van der Waals surface area contributed by atoms with Gasteiger partial charge in [0, 0.05) is 31.9 Å². The minimum absolute atomic E-state index is 0. The van der Waals surface area contributed by atoms with Gasteiger partial charge >= 0.3 is 4.28 Å². The van der Waals surface area contributed by atoms with Gasteiger partial charge in [-0.05, 0) is 37.5 Å². The van der Waals surface area contributed by atoms with Crippen molar-refractivity contribution in [2.24, 2.45) is 0 Å². The number of morpholine rings is 1. The lowest BCUT2D eigenvalue weighted by Crippen LogP contribution is -3.00. The molecule has 0 aliphatic carbocycles. The summed E-state index contributed by atoms with van der Waals surface area (Å²) in [6, 6.07) is 6.51. The van der Waals surface area contributed by atoms with Crippen molar-refractivity contribution in [3.63, 3.8) is 0 Å². The first kappa shape index (κ1) is 21.4. The zero-order valence-electron chi connectivity index (χ0n) is 15.6. The Morgan fingerprint density at radius 2 is 1.50 bits per heavy atom. The molecule has 7 heteroatoms. The third-order valence-electron chi connectivity index (χ3n) is 4.08. The standard InChI is InChI=1S/C15H23N3O.3ClH/c16-14-12-13(17-8-10-19-11-9-17)4-5-15(14)18-6-2-1-3-7-18;;;/h4-5,12H,1-3,6-11,16H2;3*1H. The molecule has 2 N–H and O–H groups in total. The number of nitrogen functional groups attached to an aromatic ring is 1. The molecule has 0 atom stereocenters. The second-order valence-electron chi connectivity index (χ2n) is 5.39. The van der Waals surface area contributed by atoms with Crippen LogP contribution in [0.2, 0.25) is 0 Å². The topological polar surface area (TPSA) is 41.7 Å². The van der Waals surface area contributed by atoms with Crippen LogP contribution in [0.5, 0.6) is 0 Å². The number of piperidine rings is 1. The Kier molecular flexibility index (Phi) is 10.0. The highest BCUT2D eigenvalue weighted by molar-refractivity contribution is 5.73. The molecule has 1 aromatic carbocycles. The molecule has 3 rings (SSSR count). The predicted molar refractivity (Wildman–Crippen MR) is 83.3 cm³/mol. The normalized spacial score (nSPS) is 17.8.